The fourth-order valence-electron chi connectivity index (χ4n) is 2.09. The van der Waals surface area contributed by atoms with Crippen LogP contribution in [0.4, 0.5) is 4.39 Å². The quantitative estimate of drug-likeness (QED) is 0.899. The van der Waals surface area contributed by atoms with Gasteiger partial charge in [-0.15, -0.1) is 0 Å². The van der Waals surface area contributed by atoms with Crippen LogP contribution in [0, 0.1) is 11.7 Å². The van der Waals surface area contributed by atoms with Crippen molar-refractivity contribution in [2.45, 2.75) is 25.9 Å². The topological polar surface area (TPSA) is 21.3 Å². The van der Waals surface area contributed by atoms with Crippen LogP contribution >= 0.6 is 11.6 Å². The van der Waals surface area contributed by atoms with Crippen molar-refractivity contribution in [1.29, 1.82) is 0 Å². The third-order valence-corrected chi connectivity index (χ3v) is 3.56. The van der Waals surface area contributed by atoms with Gasteiger partial charge in [0.05, 0.1) is 6.61 Å². The molecule has 1 heterocycles. The lowest BCUT2D eigenvalue weighted by molar-refractivity contribution is 0.0386. The van der Waals surface area contributed by atoms with Gasteiger partial charge in [-0.05, 0) is 30.0 Å². The highest BCUT2D eigenvalue weighted by molar-refractivity contribution is 6.31. The molecule has 0 aromatic heterocycles. The first kappa shape index (κ1) is 12.8. The molecule has 2 nitrogen and oxygen atoms in total. The second kappa shape index (κ2) is 5.80. The molecule has 1 aromatic rings. The minimum Gasteiger partial charge on any atom is -0.381 e. The minimum absolute atomic E-state index is 0.293. The average molecular weight is 258 g/mol. The highest BCUT2D eigenvalue weighted by Crippen LogP contribution is 2.19. The lowest BCUT2D eigenvalue weighted by atomic mass is 9.97. The van der Waals surface area contributed by atoms with Gasteiger partial charge in [0.15, 0.2) is 0 Å². The van der Waals surface area contributed by atoms with E-state index in [4.69, 9.17) is 16.3 Å². The molecule has 17 heavy (non-hydrogen) atoms. The predicted octanol–water partition coefficient (Wildman–Crippen LogP) is 2.99. The standard InChI is InChI=1S/C13H17ClFNO/c1-9-8-17-5-4-13(9)16-7-10-2-3-11(15)6-12(10)14/h2-3,6,9,13,16H,4-5,7-8H2,1H3. The van der Waals surface area contributed by atoms with E-state index in [2.05, 4.69) is 12.2 Å². The summed E-state index contributed by atoms with van der Waals surface area (Å²) in [4.78, 5) is 0. The summed E-state index contributed by atoms with van der Waals surface area (Å²) >= 11 is 5.98. The smallest absolute Gasteiger partial charge is 0.124 e. The van der Waals surface area contributed by atoms with E-state index in [0.29, 0.717) is 23.5 Å². The minimum atomic E-state index is -0.293. The predicted molar refractivity (Wildman–Crippen MR) is 66.6 cm³/mol. The van der Waals surface area contributed by atoms with Crippen LogP contribution in [0.2, 0.25) is 5.02 Å². The van der Waals surface area contributed by atoms with E-state index in [9.17, 15) is 4.39 Å². The maximum Gasteiger partial charge on any atom is 0.124 e. The van der Waals surface area contributed by atoms with Gasteiger partial charge in [-0.3, -0.25) is 0 Å². The number of hydrogen-bond donors (Lipinski definition) is 1. The molecule has 4 heteroatoms. The van der Waals surface area contributed by atoms with Crippen LogP contribution in [0.25, 0.3) is 0 Å². The molecule has 1 aliphatic rings. The van der Waals surface area contributed by atoms with E-state index >= 15 is 0 Å². The molecule has 1 N–H and O–H groups in total. The SMILES string of the molecule is CC1COCCC1NCc1ccc(F)cc1Cl. The maximum absolute atomic E-state index is 12.9. The average Bonchev–Trinajstić information content (AvgIpc) is 2.30. The third kappa shape index (κ3) is 3.41. The highest BCUT2D eigenvalue weighted by Gasteiger charge is 2.21. The fraction of sp³-hybridized carbons (Fsp3) is 0.538. The Balaban J connectivity index is 1.92. The van der Waals surface area contributed by atoms with Gasteiger partial charge in [0.1, 0.15) is 5.82 Å². The number of hydrogen-bond acceptors (Lipinski definition) is 2. The molecule has 1 fully saturated rings. The molecule has 0 bridgehead atoms. The van der Waals surface area contributed by atoms with Gasteiger partial charge in [0.25, 0.3) is 0 Å². The molecule has 1 aliphatic heterocycles. The molecule has 1 saturated heterocycles. The van der Waals surface area contributed by atoms with E-state index in [1.807, 2.05) is 0 Å². The van der Waals surface area contributed by atoms with Crippen LogP contribution in [0.1, 0.15) is 18.9 Å². The molecule has 94 valence electrons. The van der Waals surface area contributed by atoms with E-state index in [1.165, 1.54) is 12.1 Å². The molecule has 0 radical (unpaired) electrons. The molecule has 2 unspecified atom stereocenters. The summed E-state index contributed by atoms with van der Waals surface area (Å²) in [5.74, 6) is 0.209. The summed E-state index contributed by atoms with van der Waals surface area (Å²) in [5, 5.41) is 3.94. The Morgan fingerprint density at radius 3 is 3.06 bits per heavy atom. The Labute approximate surface area is 106 Å². The number of benzene rings is 1. The Morgan fingerprint density at radius 1 is 1.53 bits per heavy atom. The molecule has 2 atom stereocenters. The second-order valence-electron chi connectivity index (χ2n) is 4.56. The molecule has 2 rings (SSSR count). The van der Waals surface area contributed by atoms with E-state index in [0.717, 1.165) is 25.2 Å². The van der Waals surface area contributed by atoms with Crippen molar-refractivity contribution in [1.82, 2.24) is 5.32 Å². The lowest BCUT2D eigenvalue weighted by Gasteiger charge is -2.29. The fourth-order valence-corrected chi connectivity index (χ4v) is 2.32. The first-order valence-electron chi connectivity index (χ1n) is 5.92. The summed E-state index contributed by atoms with van der Waals surface area (Å²) < 4.78 is 18.3. The summed E-state index contributed by atoms with van der Waals surface area (Å²) in [6.07, 6.45) is 1.01. The van der Waals surface area contributed by atoms with Crippen molar-refractivity contribution >= 4 is 11.6 Å². The summed E-state index contributed by atoms with van der Waals surface area (Å²) in [6, 6.07) is 4.97. The van der Waals surface area contributed by atoms with Crippen LogP contribution in [0.3, 0.4) is 0 Å². The summed E-state index contributed by atoms with van der Waals surface area (Å²) in [5.41, 5.74) is 0.937. The van der Waals surface area contributed by atoms with Gasteiger partial charge < -0.3 is 10.1 Å². The van der Waals surface area contributed by atoms with Gasteiger partial charge in [-0.1, -0.05) is 24.6 Å². The van der Waals surface area contributed by atoms with Gasteiger partial charge in [-0.2, -0.15) is 0 Å². The van der Waals surface area contributed by atoms with Gasteiger partial charge in [0.2, 0.25) is 0 Å². The molecule has 1 aromatic carbocycles. The Bertz CT molecular complexity index is 386. The highest BCUT2D eigenvalue weighted by atomic mass is 35.5. The zero-order chi connectivity index (χ0) is 12.3. The van der Waals surface area contributed by atoms with Crippen molar-refractivity contribution in [3.8, 4) is 0 Å². The Hall–Kier alpha value is -0.640. The molecule has 0 saturated carbocycles. The first-order valence-corrected chi connectivity index (χ1v) is 6.29. The Kier molecular flexibility index (Phi) is 4.37. The normalized spacial score (nSPS) is 24.9. The molecular weight excluding hydrogens is 241 g/mol. The largest absolute Gasteiger partial charge is 0.381 e. The second-order valence-corrected chi connectivity index (χ2v) is 4.97. The zero-order valence-electron chi connectivity index (χ0n) is 9.88. The van der Waals surface area contributed by atoms with Gasteiger partial charge in [-0.25, -0.2) is 4.39 Å². The van der Waals surface area contributed by atoms with Gasteiger partial charge >= 0.3 is 0 Å². The number of halogens is 2. The number of rotatable bonds is 3. The van der Waals surface area contributed by atoms with E-state index < -0.39 is 0 Å². The zero-order valence-corrected chi connectivity index (χ0v) is 10.6. The summed E-state index contributed by atoms with van der Waals surface area (Å²) in [7, 11) is 0. The van der Waals surface area contributed by atoms with Crippen molar-refractivity contribution < 1.29 is 9.13 Å². The molecule has 0 amide bonds. The van der Waals surface area contributed by atoms with Crippen molar-refractivity contribution in [3.63, 3.8) is 0 Å². The molecular formula is C13H17ClFNO. The third-order valence-electron chi connectivity index (χ3n) is 3.21. The monoisotopic (exact) mass is 257 g/mol. The number of nitrogens with one attached hydrogen (secondary N) is 1. The summed E-state index contributed by atoms with van der Waals surface area (Å²) in [6.45, 7) is 4.45. The number of ether oxygens (including phenoxy) is 1. The van der Waals surface area contributed by atoms with Crippen LogP contribution in [0.15, 0.2) is 18.2 Å². The molecule has 0 aliphatic carbocycles. The first-order chi connectivity index (χ1) is 8.16. The molecule has 0 spiro atoms. The van der Waals surface area contributed by atoms with Crippen molar-refractivity contribution in [3.05, 3.63) is 34.6 Å². The van der Waals surface area contributed by atoms with Crippen LogP contribution in [0.5, 0.6) is 0 Å². The van der Waals surface area contributed by atoms with Crippen molar-refractivity contribution in [2.75, 3.05) is 13.2 Å². The van der Waals surface area contributed by atoms with Crippen LogP contribution in [-0.2, 0) is 11.3 Å². The Morgan fingerprint density at radius 2 is 2.35 bits per heavy atom. The lowest BCUT2D eigenvalue weighted by Crippen LogP contribution is -2.41. The van der Waals surface area contributed by atoms with Crippen molar-refractivity contribution in [2.24, 2.45) is 5.92 Å². The van der Waals surface area contributed by atoms with Crippen LogP contribution in [-0.4, -0.2) is 19.3 Å². The van der Waals surface area contributed by atoms with E-state index in [-0.39, 0.29) is 5.82 Å². The van der Waals surface area contributed by atoms with Gasteiger partial charge in [0, 0.05) is 24.2 Å². The van der Waals surface area contributed by atoms with E-state index in [1.54, 1.807) is 6.07 Å². The maximum atomic E-state index is 12.9. The van der Waals surface area contributed by atoms with Crippen LogP contribution < -0.4 is 5.32 Å².